The van der Waals surface area contributed by atoms with Gasteiger partial charge >= 0.3 is 0 Å². The summed E-state index contributed by atoms with van der Waals surface area (Å²) in [4.78, 5) is 0. The first-order valence-corrected chi connectivity index (χ1v) is 6.65. The van der Waals surface area contributed by atoms with Gasteiger partial charge in [-0.3, -0.25) is 0 Å². The molecule has 0 spiro atoms. The minimum Gasteiger partial charge on any atom is -0.494 e. The van der Waals surface area contributed by atoms with E-state index in [9.17, 15) is 0 Å². The molecule has 1 rings (SSSR count). The van der Waals surface area contributed by atoms with Crippen molar-refractivity contribution >= 4 is 11.6 Å². The largest absolute Gasteiger partial charge is 0.494 e. The average Bonchev–Trinajstić information content (AvgIpc) is 2.35. The van der Waals surface area contributed by atoms with E-state index in [0.717, 1.165) is 27.5 Å². The van der Waals surface area contributed by atoms with Crippen LogP contribution in [-0.4, -0.2) is 25.4 Å². The number of nitrogens with one attached hydrogen (secondary N) is 1. The Morgan fingerprint density at radius 2 is 2.11 bits per heavy atom. The van der Waals surface area contributed by atoms with Crippen LogP contribution in [0.15, 0.2) is 6.07 Å². The quantitative estimate of drug-likeness (QED) is 0.836. The summed E-state index contributed by atoms with van der Waals surface area (Å²) in [7, 11) is 1.88. The third-order valence-electron chi connectivity index (χ3n) is 3.11. The standard InChI is InChI=1S/C14H22ClNO2/c1-5-18-12-8-9(2)14(15)10(3)13(12)11(16-4)6-7-17/h8,11,16-17H,5-7H2,1-4H3. The van der Waals surface area contributed by atoms with E-state index in [0.29, 0.717) is 13.0 Å². The van der Waals surface area contributed by atoms with Gasteiger partial charge < -0.3 is 15.2 Å². The third-order valence-corrected chi connectivity index (χ3v) is 3.69. The molecule has 1 aromatic rings. The maximum atomic E-state index is 9.15. The van der Waals surface area contributed by atoms with Crippen molar-refractivity contribution in [3.63, 3.8) is 0 Å². The van der Waals surface area contributed by atoms with Crippen molar-refractivity contribution in [2.45, 2.75) is 33.2 Å². The summed E-state index contributed by atoms with van der Waals surface area (Å²) in [6.45, 7) is 6.67. The Morgan fingerprint density at radius 3 is 2.61 bits per heavy atom. The molecule has 0 amide bonds. The Bertz CT molecular complexity index is 407. The number of rotatable bonds is 6. The summed E-state index contributed by atoms with van der Waals surface area (Å²) in [5.41, 5.74) is 3.08. The first-order chi connectivity index (χ1) is 8.56. The molecule has 2 N–H and O–H groups in total. The molecule has 4 heteroatoms. The highest BCUT2D eigenvalue weighted by atomic mass is 35.5. The molecule has 0 aliphatic heterocycles. The zero-order valence-electron chi connectivity index (χ0n) is 11.5. The van der Waals surface area contributed by atoms with Gasteiger partial charge in [0, 0.05) is 23.2 Å². The van der Waals surface area contributed by atoms with E-state index in [4.69, 9.17) is 21.4 Å². The lowest BCUT2D eigenvalue weighted by atomic mass is 9.96. The van der Waals surface area contributed by atoms with E-state index in [1.165, 1.54) is 0 Å². The van der Waals surface area contributed by atoms with Crippen molar-refractivity contribution in [1.82, 2.24) is 5.32 Å². The summed E-state index contributed by atoms with van der Waals surface area (Å²) in [5.74, 6) is 0.852. The fraction of sp³-hybridized carbons (Fsp3) is 0.571. The predicted octanol–water partition coefficient (Wildman–Crippen LogP) is 3.00. The zero-order valence-corrected chi connectivity index (χ0v) is 12.3. The molecular formula is C14H22ClNO2. The Balaban J connectivity index is 3.32. The molecule has 102 valence electrons. The van der Waals surface area contributed by atoms with Gasteiger partial charge in [-0.05, 0) is 51.4 Å². The van der Waals surface area contributed by atoms with E-state index in [1.54, 1.807) is 0 Å². The van der Waals surface area contributed by atoms with Crippen molar-refractivity contribution in [2.75, 3.05) is 20.3 Å². The van der Waals surface area contributed by atoms with Crippen molar-refractivity contribution in [2.24, 2.45) is 0 Å². The zero-order chi connectivity index (χ0) is 13.7. The maximum absolute atomic E-state index is 9.15. The third kappa shape index (κ3) is 3.16. The number of aliphatic hydroxyl groups excluding tert-OH is 1. The fourth-order valence-electron chi connectivity index (χ4n) is 2.21. The normalized spacial score (nSPS) is 12.6. The van der Waals surface area contributed by atoms with Crippen molar-refractivity contribution in [1.29, 1.82) is 0 Å². The van der Waals surface area contributed by atoms with Crippen LogP contribution in [0.5, 0.6) is 5.75 Å². The van der Waals surface area contributed by atoms with Crippen molar-refractivity contribution in [3.8, 4) is 5.75 Å². The summed E-state index contributed by atoms with van der Waals surface area (Å²) in [5, 5.41) is 13.1. The maximum Gasteiger partial charge on any atom is 0.124 e. The second-order valence-corrected chi connectivity index (χ2v) is 4.71. The Hall–Kier alpha value is -0.770. The van der Waals surface area contributed by atoms with Gasteiger partial charge in [-0.2, -0.15) is 0 Å². The van der Waals surface area contributed by atoms with Gasteiger partial charge in [0.25, 0.3) is 0 Å². The smallest absolute Gasteiger partial charge is 0.124 e. The highest BCUT2D eigenvalue weighted by Gasteiger charge is 2.20. The number of hydrogen-bond donors (Lipinski definition) is 2. The van der Waals surface area contributed by atoms with Gasteiger partial charge in [0.2, 0.25) is 0 Å². The van der Waals surface area contributed by atoms with Gasteiger partial charge in [-0.25, -0.2) is 0 Å². The molecule has 18 heavy (non-hydrogen) atoms. The molecule has 1 aromatic carbocycles. The number of aliphatic hydroxyl groups is 1. The Morgan fingerprint density at radius 1 is 1.44 bits per heavy atom. The molecule has 0 heterocycles. The number of aryl methyl sites for hydroxylation is 1. The number of halogens is 1. The second-order valence-electron chi connectivity index (χ2n) is 4.33. The molecular weight excluding hydrogens is 250 g/mol. The second kappa shape index (κ2) is 6.98. The van der Waals surface area contributed by atoms with Crippen LogP contribution in [-0.2, 0) is 0 Å². The predicted molar refractivity (Wildman–Crippen MR) is 75.6 cm³/mol. The van der Waals surface area contributed by atoms with Crippen LogP contribution in [0.3, 0.4) is 0 Å². The highest BCUT2D eigenvalue weighted by molar-refractivity contribution is 6.32. The molecule has 3 nitrogen and oxygen atoms in total. The van der Waals surface area contributed by atoms with Gasteiger partial charge in [-0.1, -0.05) is 11.6 Å². The van der Waals surface area contributed by atoms with E-state index in [2.05, 4.69) is 5.32 Å². The first kappa shape index (κ1) is 15.3. The van der Waals surface area contributed by atoms with Gasteiger partial charge in [0.15, 0.2) is 0 Å². The number of ether oxygens (including phenoxy) is 1. The molecule has 0 radical (unpaired) electrons. The van der Waals surface area contributed by atoms with Crippen molar-refractivity contribution in [3.05, 3.63) is 27.8 Å². The highest BCUT2D eigenvalue weighted by Crippen LogP contribution is 2.36. The lowest BCUT2D eigenvalue weighted by molar-refractivity contribution is 0.265. The molecule has 0 aliphatic carbocycles. The summed E-state index contributed by atoms with van der Waals surface area (Å²) in [6, 6.07) is 2.02. The lowest BCUT2D eigenvalue weighted by Crippen LogP contribution is -2.20. The van der Waals surface area contributed by atoms with Gasteiger partial charge in [-0.15, -0.1) is 0 Å². The average molecular weight is 272 g/mol. The monoisotopic (exact) mass is 271 g/mol. The summed E-state index contributed by atoms with van der Waals surface area (Å²) in [6.07, 6.45) is 0.636. The Labute approximate surface area is 114 Å². The number of hydrogen-bond acceptors (Lipinski definition) is 3. The van der Waals surface area contributed by atoms with Crippen molar-refractivity contribution < 1.29 is 9.84 Å². The van der Waals surface area contributed by atoms with E-state index < -0.39 is 0 Å². The molecule has 0 fully saturated rings. The molecule has 0 saturated heterocycles. The lowest BCUT2D eigenvalue weighted by Gasteiger charge is -2.23. The minimum atomic E-state index is 0.0506. The minimum absolute atomic E-state index is 0.0506. The van der Waals surface area contributed by atoms with Crippen LogP contribution in [0.2, 0.25) is 5.02 Å². The topological polar surface area (TPSA) is 41.5 Å². The van der Waals surface area contributed by atoms with E-state index in [1.807, 2.05) is 33.9 Å². The van der Waals surface area contributed by atoms with Crippen LogP contribution < -0.4 is 10.1 Å². The summed E-state index contributed by atoms with van der Waals surface area (Å²) < 4.78 is 5.70. The van der Waals surface area contributed by atoms with E-state index >= 15 is 0 Å². The Kier molecular flexibility index (Phi) is 5.93. The molecule has 0 bridgehead atoms. The van der Waals surface area contributed by atoms with Crippen LogP contribution in [0.25, 0.3) is 0 Å². The molecule has 0 aliphatic rings. The van der Waals surface area contributed by atoms with Crippen LogP contribution >= 0.6 is 11.6 Å². The first-order valence-electron chi connectivity index (χ1n) is 6.27. The van der Waals surface area contributed by atoms with Crippen LogP contribution in [0, 0.1) is 13.8 Å². The molecule has 0 saturated carbocycles. The van der Waals surface area contributed by atoms with Gasteiger partial charge in [0.1, 0.15) is 5.75 Å². The SMILES string of the molecule is CCOc1cc(C)c(Cl)c(C)c1C(CCO)NC. The number of benzene rings is 1. The molecule has 1 unspecified atom stereocenters. The summed E-state index contributed by atoms with van der Waals surface area (Å²) >= 11 is 6.31. The fourth-order valence-corrected chi connectivity index (χ4v) is 2.36. The van der Waals surface area contributed by atoms with Gasteiger partial charge in [0.05, 0.1) is 6.61 Å². The molecule has 0 aromatic heterocycles. The van der Waals surface area contributed by atoms with Crippen LogP contribution in [0.1, 0.15) is 36.1 Å². The molecule has 1 atom stereocenters. The van der Waals surface area contributed by atoms with E-state index in [-0.39, 0.29) is 12.6 Å². The van der Waals surface area contributed by atoms with Crippen LogP contribution in [0.4, 0.5) is 0 Å².